The van der Waals surface area contributed by atoms with Crippen LogP contribution in [0.25, 0.3) is 0 Å². The number of hydrogen-bond acceptors (Lipinski definition) is 3. The fourth-order valence-corrected chi connectivity index (χ4v) is 3.13. The molecule has 24 heavy (non-hydrogen) atoms. The summed E-state index contributed by atoms with van der Waals surface area (Å²) in [4.78, 5) is 1.34. The normalized spacial score (nSPS) is 10.2. The topological polar surface area (TPSA) is 21.3 Å². The molecule has 2 aromatic carbocycles. The molecule has 0 radical (unpaired) electrons. The number of ether oxygens (including phenoxy) is 1. The molecular formula is C19H19Cl2NOS. The molecule has 0 saturated heterocycles. The molecule has 0 bridgehead atoms. The molecule has 1 heterocycles. The van der Waals surface area contributed by atoms with Gasteiger partial charge in [0.2, 0.25) is 0 Å². The molecule has 5 heteroatoms. The minimum absolute atomic E-state index is 0. The third-order valence-electron chi connectivity index (χ3n) is 3.46. The summed E-state index contributed by atoms with van der Waals surface area (Å²) < 4.78 is 5.86. The van der Waals surface area contributed by atoms with Crippen molar-refractivity contribution in [2.45, 2.75) is 19.7 Å². The summed E-state index contributed by atoms with van der Waals surface area (Å²) >= 11 is 7.92. The Hall–Kier alpha value is -1.52. The first-order chi connectivity index (χ1) is 11.3. The van der Waals surface area contributed by atoms with Gasteiger partial charge in [-0.3, -0.25) is 0 Å². The van der Waals surface area contributed by atoms with Crippen LogP contribution in [0.3, 0.4) is 0 Å². The molecule has 0 atom stereocenters. The van der Waals surface area contributed by atoms with Crippen LogP contribution in [-0.4, -0.2) is 0 Å². The van der Waals surface area contributed by atoms with Crippen LogP contribution >= 0.6 is 35.3 Å². The Bertz CT molecular complexity index is 747. The Labute approximate surface area is 157 Å². The Morgan fingerprint density at radius 2 is 1.83 bits per heavy atom. The van der Waals surface area contributed by atoms with Gasteiger partial charge in [0.25, 0.3) is 0 Å². The van der Waals surface area contributed by atoms with E-state index in [1.54, 1.807) is 11.3 Å². The second-order valence-corrected chi connectivity index (χ2v) is 6.65. The summed E-state index contributed by atoms with van der Waals surface area (Å²) in [6.07, 6.45) is 0. The summed E-state index contributed by atoms with van der Waals surface area (Å²) in [6, 6.07) is 20.1. The van der Waals surface area contributed by atoms with Crippen LogP contribution in [0, 0.1) is 0 Å². The van der Waals surface area contributed by atoms with E-state index >= 15 is 0 Å². The van der Waals surface area contributed by atoms with Crippen molar-refractivity contribution in [1.82, 2.24) is 5.32 Å². The summed E-state index contributed by atoms with van der Waals surface area (Å²) in [5.41, 5.74) is 2.20. The summed E-state index contributed by atoms with van der Waals surface area (Å²) in [7, 11) is 0. The lowest BCUT2D eigenvalue weighted by molar-refractivity contribution is 0.306. The van der Waals surface area contributed by atoms with Gasteiger partial charge in [0, 0.05) is 28.6 Å². The Balaban J connectivity index is 0.00000208. The van der Waals surface area contributed by atoms with Crippen LogP contribution in [-0.2, 0) is 19.7 Å². The van der Waals surface area contributed by atoms with Gasteiger partial charge in [-0.15, -0.1) is 23.7 Å². The van der Waals surface area contributed by atoms with Gasteiger partial charge < -0.3 is 10.1 Å². The molecule has 0 aliphatic carbocycles. The minimum atomic E-state index is 0. The highest BCUT2D eigenvalue weighted by Crippen LogP contribution is 2.19. The van der Waals surface area contributed by atoms with E-state index in [-0.39, 0.29) is 12.4 Å². The molecule has 0 amide bonds. The van der Waals surface area contributed by atoms with E-state index in [1.807, 2.05) is 36.4 Å². The SMILES string of the molecule is Cl.Clc1ccccc1COc1cccc(CNCc2cccs2)c1. The molecule has 1 N–H and O–H groups in total. The number of rotatable bonds is 7. The van der Waals surface area contributed by atoms with E-state index in [1.165, 1.54) is 10.4 Å². The zero-order chi connectivity index (χ0) is 15.9. The first-order valence-electron chi connectivity index (χ1n) is 7.49. The maximum Gasteiger partial charge on any atom is 0.120 e. The van der Waals surface area contributed by atoms with Crippen molar-refractivity contribution in [2.75, 3.05) is 0 Å². The van der Waals surface area contributed by atoms with Gasteiger partial charge in [0.15, 0.2) is 0 Å². The summed E-state index contributed by atoms with van der Waals surface area (Å²) in [5.74, 6) is 0.861. The van der Waals surface area contributed by atoms with Crippen molar-refractivity contribution in [3.05, 3.63) is 87.1 Å². The number of halogens is 2. The van der Waals surface area contributed by atoms with Gasteiger partial charge in [-0.1, -0.05) is 48.0 Å². The number of hydrogen-bond donors (Lipinski definition) is 1. The maximum atomic E-state index is 6.15. The fraction of sp³-hybridized carbons (Fsp3) is 0.158. The lowest BCUT2D eigenvalue weighted by Gasteiger charge is -2.10. The Kier molecular flexibility index (Phi) is 7.60. The molecule has 0 fully saturated rings. The monoisotopic (exact) mass is 379 g/mol. The van der Waals surface area contributed by atoms with E-state index in [2.05, 4.69) is 35.0 Å². The first-order valence-corrected chi connectivity index (χ1v) is 8.75. The highest BCUT2D eigenvalue weighted by Gasteiger charge is 2.02. The molecule has 3 aromatic rings. The lowest BCUT2D eigenvalue weighted by atomic mass is 10.2. The molecule has 0 spiro atoms. The second-order valence-electron chi connectivity index (χ2n) is 5.21. The standard InChI is InChI=1S/C19H18ClNOS.ClH/c20-19-9-2-1-6-16(19)14-22-17-7-3-5-15(11-17)12-21-13-18-8-4-10-23-18;/h1-11,21H,12-14H2;1H. The minimum Gasteiger partial charge on any atom is -0.489 e. The fourth-order valence-electron chi connectivity index (χ4n) is 2.26. The quantitative estimate of drug-likeness (QED) is 0.568. The first kappa shape index (κ1) is 18.8. The molecule has 0 aliphatic rings. The zero-order valence-electron chi connectivity index (χ0n) is 13.1. The van der Waals surface area contributed by atoms with E-state index in [0.717, 1.165) is 29.4 Å². The second kappa shape index (κ2) is 9.70. The van der Waals surface area contributed by atoms with Crippen LogP contribution in [0.5, 0.6) is 5.75 Å². The lowest BCUT2D eigenvalue weighted by Crippen LogP contribution is -2.11. The highest BCUT2D eigenvalue weighted by molar-refractivity contribution is 7.09. The smallest absolute Gasteiger partial charge is 0.120 e. The molecule has 0 unspecified atom stereocenters. The van der Waals surface area contributed by atoms with Gasteiger partial charge in [-0.2, -0.15) is 0 Å². The largest absolute Gasteiger partial charge is 0.489 e. The molecule has 3 rings (SSSR count). The van der Waals surface area contributed by atoms with E-state index in [0.29, 0.717) is 6.61 Å². The molecular weight excluding hydrogens is 361 g/mol. The number of benzene rings is 2. The van der Waals surface area contributed by atoms with E-state index < -0.39 is 0 Å². The van der Waals surface area contributed by atoms with Crippen molar-refractivity contribution in [2.24, 2.45) is 0 Å². The maximum absolute atomic E-state index is 6.15. The van der Waals surface area contributed by atoms with Crippen LogP contribution in [0.4, 0.5) is 0 Å². The Morgan fingerprint density at radius 3 is 2.62 bits per heavy atom. The highest BCUT2D eigenvalue weighted by atomic mass is 35.5. The predicted molar refractivity (Wildman–Crippen MR) is 104 cm³/mol. The molecule has 0 saturated carbocycles. The van der Waals surface area contributed by atoms with Crippen LogP contribution in [0.1, 0.15) is 16.0 Å². The summed E-state index contributed by atoms with van der Waals surface area (Å²) in [6.45, 7) is 2.19. The van der Waals surface area contributed by atoms with Crippen molar-refractivity contribution in [3.63, 3.8) is 0 Å². The molecule has 2 nitrogen and oxygen atoms in total. The third kappa shape index (κ3) is 5.53. The van der Waals surface area contributed by atoms with Crippen molar-refractivity contribution >= 4 is 35.3 Å². The van der Waals surface area contributed by atoms with Crippen LogP contribution in [0.2, 0.25) is 5.02 Å². The molecule has 1 aromatic heterocycles. The molecule has 126 valence electrons. The number of nitrogens with one attached hydrogen (secondary N) is 1. The van der Waals surface area contributed by atoms with Crippen molar-refractivity contribution in [3.8, 4) is 5.75 Å². The predicted octanol–water partition coefficient (Wildman–Crippen LogP) is 5.69. The third-order valence-corrected chi connectivity index (χ3v) is 4.70. The van der Waals surface area contributed by atoms with Gasteiger partial charge in [-0.05, 0) is 35.2 Å². The molecule has 0 aliphatic heterocycles. The van der Waals surface area contributed by atoms with Gasteiger partial charge in [0.05, 0.1) is 0 Å². The average Bonchev–Trinajstić information content (AvgIpc) is 3.08. The van der Waals surface area contributed by atoms with Gasteiger partial charge in [0.1, 0.15) is 12.4 Å². The average molecular weight is 380 g/mol. The van der Waals surface area contributed by atoms with Crippen molar-refractivity contribution in [1.29, 1.82) is 0 Å². The van der Waals surface area contributed by atoms with E-state index in [4.69, 9.17) is 16.3 Å². The van der Waals surface area contributed by atoms with Gasteiger partial charge in [-0.25, -0.2) is 0 Å². The Morgan fingerprint density at radius 1 is 0.958 bits per heavy atom. The van der Waals surface area contributed by atoms with E-state index in [9.17, 15) is 0 Å². The van der Waals surface area contributed by atoms with Crippen LogP contribution < -0.4 is 10.1 Å². The number of thiophene rings is 1. The van der Waals surface area contributed by atoms with Crippen molar-refractivity contribution < 1.29 is 4.74 Å². The summed E-state index contributed by atoms with van der Waals surface area (Å²) in [5, 5.41) is 6.28. The van der Waals surface area contributed by atoms with Crippen LogP contribution in [0.15, 0.2) is 66.0 Å². The zero-order valence-corrected chi connectivity index (χ0v) is 15.5. The van der Waals surface area contributed by atoms with Gasteiger partial charge >= 0.3 is 0 Å².